The molecule has 3 fully saturated rings. The van der Waals surface area contributed by atoms with Crippen molar-refractivity contribution in [2.45, 2.75) is 89.1 Å². The monoisotopic (exact) mass is 307 g/mol. The van der Waals surface area contributed by atoms with Crippen molar-refractivity contribution in [3.63, 3.8) is 0 Å². The molecule has 0 aromatic rings. The van der Waals surface area contributed by atoms with Crippen LogP contribution >= 0.6 is 0 Å². The Morgan fingerprint density at radius 3 is 2.50 bits per heavy atom. The van der Waals surface area contributed by atoms with Crippen LogP contribution < -0.4 is 0 Å². The van der Waals surface area contributed by atoms with Gasteiger partial charge in [0, 0.05) is 12.5 Å². The fourth-order valence-electron chi connectivity index (χ4n) is 5.02. The van der Waals surface area contributed by atoms with Crippen molar-refractivity contribution in [3.8, 4) is 0 Å². The summed E-state index contributed by atoms with van der Waals surface area (Å²) in [4.78, 5) is 25.8. The summed E-state index contributed by atoms with van der Waals surface area (Å²) in [6, 6.07) is -0.347. The molecular formula is C18H29NO3. The quantitative estimate of drug-likeness (QED) is 0.844. The van der Waals surface area contributed by atoms with Crippen molar-refractivity contribution >= 4 is 11.9 Å². The summed E-state index contributed by atoms with van der Waals surface area (Å²) in [5, 5.41) is 9.42. The molecule has 1 aliphatic heterocycles. The maximum absolute atomic E-state index is 12.6. The number of carboxylic acids is 1. The van der Waals surface area contributed by atoms with Gasteiger partial charge in [-0.15, -0.1) is 0 Å². The topological polar surface area (TPSA) is 57.6 Å². The Labute approximate surface area is 133 Å². The number of carbonyl (C=O) groups is 2. The Kier molecular flexibility index (Phi) is 5.04. The zero-order valence-electron chi connectivity index (χ0n) is 13.5. The van der Waals surface area contributed by atoms with Crippen LogP contribution in [0.3, 0.4) is 0 Å². The van der Waals surface area contributed by atoms with E-state index in [0.29, 0.717) is 18.8 Å². The van der Waals surface area contributed by atoms with Gasteiger partial charge in [0.2, 0.25) is 5.91 Å². The van der Waals surface area contributed by atoms with Crippen molar-refractivity contribution in [3.05, 3.63) is 0 Å². The summed E-state index contributed by atoms with van der Waals surface area (Å²) in [5.74, 6) is 0.519. The molecule has 1 saturated heterocycles. The highest BCUT2D eigenvalue weighted by Crippen LogP contribution is 2.41. The van der Waals surface area contributed by atoms with Crippen LogP contribution in [-0.2, 0) is 9.59 Å². The molecule has 22 heavy (non-hydrogen) atoms. The number of likely N-dealkylation sites (tertiary alicyclic amines) is 1. The van der Waals surface area contributed by atoms with Crippen LogP contribution in [0.5, 0.6) is 0 Å². The lowest BCUT2D eigenvalue weighted by Crippen LogP contribution is -2.44. The lowest BCUT2D eigenvalue weighted by atomic mass is 9.86. The Balaban J connectivity index is 1.52. The minimum absolute atomic E-state index is 0.0950. The lowest BCUT2D eigenvalue weighted by Gasteiger charge is -2.28. The zero-order chi connectivity index (χ0) is 15.5. The molecule has 0 aromatic carbocycles. The summed E-state index contributed by atoms with van der Waals surface area (Å²) >= 11 is 0. The first-order valence-electron chi connectivity index (χ1n) is 9.21. The first-order valence-corrected chi connectivity index (χ1v) is 9.21. The van der Waals surface area contributed by atoms with E-state index in [4.69, 9.17) is 0 Å². The van der Waals surface area contributed by atoms with Crippen LogP contribution in [0.2, 0.25) is 0 Å². The SMILES string of the molecule is O=C(O)[C@@H]1C[C@@H]2CCC[C@@H]2N1C(=O)CCCC1CCCCC1. The van der Waals surface area contributed by atoms with Gasteiger partial charge in [0.25, 0.3) is 0 Å². The van der Waals surface area contributed by atoms with Crippen LogP contribution in [0.1, 0.15) is 77.0 Å². The molecule has 4 nitrogen and oxygen atoms in total. The summed E-state index contributed by atoms with van der Waals surface area (Å²) in [7, 11) is 0. The smallest absolute Gasteiger partial charge is 0.326 e. The molecule has 4 heteroatoms. The van der Waals surface area contributed by atoms with E-state index in [2.05, 4.69) is 0 Å². The number of rotatable bonds is 5. The van der Waals surface area contributed by atoms with E-state index in [-0.39, 0.29) is 11.9 Å². The molecule has 0 radical (unpaired) electrons. The van der Waals surface area contributed by atoms with E-state index in [9.17, 15) is 14.7 Å². The van der Waals surface area contributed by atoms with Crippen molar-refractivity contribution in [2.75, 3.05) is 0 Å². The second-order valence-electron chi connectivity index (χ2n) is 7.55. The molecule has 0 aromatic heterocycles. The van der Waals surface area contributed by atoms with Gasteiger partial charge >= 0.3 is 5.97 Å². The van der Waals surface area contributed by atoms with Gasteiger partial charge in [-0.1, -0.05) is 38.5 Å². The van der Waals surface area contributed by atoms with Gasteiger partial charge in [-0.05, 0) is 43.9 Å². The second-order valence-corrected chi connectivity index (χ2v) is 7.55. The number of aliphatic carboxylic acids is 1. The molecule has 3 rings (SSSR count). The summed E-state index contributed by atoms with van der Waals surface area (Å²) in [5.41, 5.74) is 0. The number of carboxylic acid groups (broad SMARTS) is 1. The molecule has 1 heterocycles. The predicted molar refractivity (Wildman–Crippen MR) is 84.4 cm³/mol. The number of fused-ring (bicyclic) bond motifs is 1. The molecule has 1 amide bonds. The third kappa shape index (κ3) is 3.31. The number of hydrogen-bond acceptors (Lipinski definition) is 2. The normalized spacial score (nSPS) is 32.2. The van der Waals surface area contributed by atoms with E-state index < -0.39 is 12.0 Å². The number of amides is 1. The summed E-state index contributed by atoms with van der Waals surface area (Å²) in [6.07, 6.45) is 13.2. The van der Waals surface area contributed by atoms with Crippen molar-refractivity contribution < 1.29 is 14.7 Å². The van der Waals surface area contributed by atoms with E-state index >= 15 is 0 Å². The zero-order valence-corrected chi connectivity index (χ0v) is 13.5. The number of hydrogen-bond donors (Lipinski definition) is 1. The van der Waals surface area contributed by atoms with E-state index in [1.54, 1.807) is 4.90 Å². The van der Waals surface area contributed by atoms with Crippen LogP contribution in [0.25, 0.3) is 0 Å². The first-order chi connectivity index (χ1) is 10.7. The first kappa shape index (κ1) is 15.8. The molecule has 3 aliphatic rings. The average Bonchev–Trinajstić information content (AvgIpc) is 3.08. The van der Waals surface area contributed by atoms with Gasteiger partial charge in [0.15, 0.2) is 0 Å². The second kappa shape index (κ2) is 7.01. The van der Waals surface area contributed by atoms with Gasteiger partial charge in [-0.3, -0.25) is 4.79 Å². The molecule has 1 N–H and O–H groups in total. The number of nitrogens with zero attached hydrogens (tertiary/aromatic N) is 1. The molecule has 0 bridgehead atoms. The Morgan fingerprint density at radius 2 is 1.77 bits per heavy atom. The van der Waals surface area contributed by atoms with Gasteiger partial charge in [0.05, 0.1) is 0 Å². The molecule has 2 saturated carbocycles. The summed E-state index contributed by atoms with van der Waals surface area (Å²) < 4.78 is 0. The van der Waals surface area contributed by atoms with E-state index in [1.165, 1.54) is 32.1 Å². The van der Waals surface area contributed by atoms with Crippen LogP contribution in [0, 0.1) is 11.8 Å². The third-order valence-corrected chi connectivity index (χ3v) is 6.14. The standard InChI is InChI=1S/C18H29NO3/c20-17(11-4-8-13-6-2-1-3-7-13)19-15-10-5-9-14(15)12-16(19)18(21)22/h13-16H,1-12H2,(H,21,22)/t14-,15-,16-/m0/s1. The van der Waals surface area contributed by atoms with Gasteiger partial charge < -0.3 is 10.0 Å². The fraction of sp³-hybridized carbons (Fsp3) is 0.889. The highest BCUT2D eigenvalue weighted by Gasteiger charge is 2.48. The van der Waals surface area contributed by atoms with Crippen LogP contribution in [0.4, 0.5) is 0 Å². The molecular weight excluding hydrogens is 278 g/mol. The van der Waals surface area contributed by atoms with Gasteiger partial charge in [0.1, 0.15) is 6.04 Å². The van der Waals surface area contributed by atoms with Gasteiger partial charge in [-0.25, -0.2) is 4.79 Å². The van der Waals surface area contributed by atoms with E-state index in [1.807, 2.05) is 0 Å². The largest absolute Gasteiger partial charge is 0.480 e. The minimum atomic E-state index is -0.810. The molecule has 0 spiro atoms. The maximum Gasteiger partial charge on any atom is 0.326 e. The molecule has 2 aliphatic carbocycles. The Bertz CT molecular complexity index is 417. The van der Waals surface area contributed by atoms with Crippen molar-refractivity contribution in [1.82, 2.24) is 4.90 Å². The van der Waals surface area contributed by atoms with Crippen molar-refractivity contribution in [1.29, 1.82) is 0 Å². The predicted octanol–water partition coefficient (Wildman–Crippen LogP) is 3.59. The Hall–Kier alpha value is -1.06. The third-order valence-electron chi connectivity index (χ3n) is 6.14. The van der Waals surface area contributed by atoms with Crippen LogP contribution in [-0.4, -0.2) is 34.0 Å². The highest BCUT2D eigenvalue weighted by molar-refractivity contribution is 5.84. The fourth-order valence-corrected chi connectivity index (χ4v) is 5.02. The number of carbonyl (C=O) groups excluding carboxylic acids is 1. The highest BCUT2D eigenvalue weighted by atomic mass is 16.4. The van der Waals surface area contributed by atoms with E-state index in [0.717, 1.165) is 38.0 Å². The molecule has 124 valence electrons. The summed E-state index contributed by atoms with van der Waals surface area (Å²) in [6.45, 7) is 0. The molecule has 3 atom stereocenters. The van der Waals surface area contributed by atoms with Crippen molar-refractivity contribution in [2.24, 2.45) is 11.8 Å². The maximum atomic E-state index is 12.6. The average molecular weight is 307 g/mol. The molecule has 0 unspecified atom stereocenters. The minimum Gasteiger partial charge on any atom is -0.480 e. The van der Waals surface area contributed by atoms with Crippen LogP contribution in [0.15, 0.2) is 0 Å². The van der Waals surface area contributed by atoms with Gasteiger partial charge in [-0.2, -0.15) is 0 Å². The lowest BCUT2D eigenvalue weighted by molar-refractivity contribution is -0.149. The Morgan fingerprint density at radius 1 is 1.00 bits per heavy atom.